The fraction of sp³-hybridized carbons (Fsp3) is 0.417. The molecule has 106 valence electrons. The molecule has 0 unspecified atom stereocenters. The van der Waals surface area contributed by atoms with E-state index in [2.05, 4.69) is 15.4 Å². The van der Waals surface area contributed by atoms with Gasteiger partial charge in [-0.3, -0.25) is 4.79 Å². The number of anilines is 1. The lowest BCUT2D eigenvalue weighted by Crippen LogP contribution is -2.31. The zero-order valence-corrected chi connectivity index (χ0v) is 11.7. The van der Waals surface area contributed by atoms with Gasteiger partial charge >= 0.3 is 0 Å². The Morgan fingerprint density at radius 2 is 1.84 bits per heavy atom. The monoisotopic (exact) mass is 285 g/mol. The van der Waals surface area contributed by atoms with Crippen LogP contribution in [0.5, 0.6) is 0 Å². The molecule has 1 rings (SSSR count). The molecular weight excluding hydrogens is 266 g/mol. The average Bonchev–Trinajstić information content (AvgIpc) is 2.33. The summed E-state index contributed by atoms with van der Waals surface area (Å²) in [7, 11) is -3.13. The lowest BCUT2D eigenvalue weighted by molar-refractivity contribution is -0.115. The second kappa shape index (κ2) is 7.88. The van der Waals surface area contributed by atoms with Crippen LogP contribution >= 0.6 is 0 Å². The Labute approximate surface area is 113 Å². The van der Waals surface area contributed by atoms with Crippen LogP contribution in [0.1, 0.15) is 6.42 Å². The van der Waals surface area contributed by atoms with Crippen LogP contribution in [0, 0.1) is 0 Å². The van der Waals surface area contributed by atoms with Gasteiger partial charge in [-0.2, -0.15) is 0 Å². The maximum atomic E-state index is 11.5. The van der Waals surface area contributed by atoms with Crippen molar-refractivity contribution < 1.29 is 13.2 Å². The highest BCUT2D eigenvalue weighted by Crippen LogP contribution is 2.03. The van der Waals surface area contributed by atoms with Crippen LogP contribution < -0.4 is 15.4 Å². The van der Waals surface area contributed by atoms with Crippen molar-refractivity contribution in [2.45, 2.75) is 6.42 Å². The molecule has 0 fully saturated rings. The van der Waals surface area contributed by atoms with E-state index >= 15 is 0 Å². The molecule has 7 heteroatoms. The Kier molecular flexibility index (Phi) is 6.48. The van der Waals surface area contributed by atoms with Gasteiger partial charge in [0, 0.05) is 12.2 Å². The van der Waals surface area contributed by atoms with E-state index < -0.39 is 10.0 Å². The molecule has 0 aromatic heterocycles. The van der Waals surface area contributed by atoms with E-state index in [4.69, 9.17) is 0 Å². The van der Waals surface area contributed by atoms with E-state index in [0.717, 1.165) is 11.9 Å². The summed E-state index contributed by atoms with van der Waals surface area (Å²) in [5.74, 6) is -0.123. The lowest BCUT2D eigenvalue weighted by atomic mass is 10.3. The minimum absolute atomic E-state index is 0.123. The molecule has 0 saturated heterocycles. The topological polar surface area (TPSA) is 87.3 Å². The quantitative estimate of drug-likeness (QED) is 0.594. The van der Waals surface area contributed by atoms with E-state index in [1.807, 2.05) is 30.3 Å². The molecule has 1 aromatic rings. The summed E-state index contributed by atoms with van der Waals surface area (Å²) in [6.45, 7) is 1.14. The molecule has 0 bridgehead atoms. The minimum Gasteiger partial charge on any atom is -0.325 e. The van der Waals surface area contributed by atoms with Crippen molar-refractivity contribution in [2.75, 3.05) is 31.2 Å². The van der Waals surface area contributed by atoms with Crippen LogP contribution in [0.25, 0.3) is 0 Å². The fourth-order valence-corrected chi connectivity index (χ4v) is 1.91. The zero-order chi connectivity index (χ0) is 14.1. The molecule has 0 saturated carbocycles. The predicted octanol–water partition coefficient (Wildman–Crippen LogP) is 0.154. The Hall–Kier alpha value is -1.44. The van der Waals surface area contributed by atoms with Gasteiger partial charge in [0.25, 0.3) is 0 Å². The second-order valence-electron chi connectivity index (χ2n) is 4.11. The Morgan fingerprint density at radius 3 is 2.47 bits per heavy atom. The molecule has 6 nitrogen and oxygen atoms in total. The molecule has 0 aliphatic heterocycles. The van der Waals surface area contributed by atoms with Gasteiger partial charge in [0.2, 0.25) is 15.9 Å². The van der Waals surface area contributed by atoms with Crippen molar-refractivity contribution in [1.29, 1.82) is 0 Å². The molecule has 0 aliphatic carbocycles. The summed E-state index contributed by atoms with van der Waals surface area (Å²) in [6, 6.07) is 9.20. The van der Waals surface area contributed by atoms with Gasteiger partial charge in [0.05, 0.1) is 12.8 Å². The van der Waals surface area contributed by atoms with E-state index in [1.54, 1.807) is 0 Å². The second-order valence-corrected chi connectivity index (χ2v) is 5.94. The third kappa shape index (κ3) is 8.30. The van der Waals surface area contributed by atoms with Crippen LogP contribution in [-0.2, 0) is 14.8 Å². The van der Waals surface area contributed by atoms with Crippen LogP contribution in [-0.4, -0.2) is 40.2 Å². The molecule has 0 aliphatic rings. The lowest BCUT2D eigenvalue weighted by Gasteiger charge is -2.06. The minimum atomic E-state index is -3.13. The third-order valence-electron chi connectivity index (χ3n) is 2.24. The average molecular weight is 285 g/mol. The highest BCUT2D eigenvalue weighted by Gasteiger charge is 2.01. The highest BCUT2D eigenvalue weighted by molar-refractivity contribution is 7.88. The number of hydrogen-bond donors (Lipinski definition) is 3. The predicted molar refractivity (Wildman–Crippen MR) is 75.4 cm³/mol. The van der Waals surface area contributed by atoms with Crippen molar-refractivity contribution in [1.82, 2.24) is 10.0 Å². The first kappa shape index (κ1) is 15.6. The molecule has 1 amide bonds. The van der Waals surface area contributed by atoms with Crippen molar-refractivity contribution >= 4 is 21.6 Å². The number of nitrogens with one attached hydrogen (secondary N) is 3. The van der Waals surface area contributed by atoms with Crippen molar-refractivity contribution in [3.63, 3.8) is 0 Å². The summed E-state index contributed by atoms with van der Waals surface area (Å²) in [6.07, 6.45) is 1.75. The van der Waals surface area contributed by atoms with Crippen molar-refractivity contribution in [3.05, 3.63) is 30.3 Å². The van der Waals surface area contributed by atoms with Gasteiger partial charge in [0.1, 0.15) is 0 Å². The molecule has 1 aromatic carbocycles. The summed E-state index contributed by atoms with van der Waals surface area (Å²) in [4.78, 5) is 11.5. The number of rotatable bonds is 8. The van der Waals surface area contributed by atoms with Crippen LogP contribution in [0.4, 0.5) is 5.69 Å². The van der Waals surface area contributed by atoms with Gasteiger partial charge in [0.15, 0.2) is 0 Å². The van der Waals surface area contributed by atoms with E-state index in [1.165, 1.54) is 0 Å². The number of amides is 1. The van der Waals surface area contributed by atoms with E-state index in [9.17, 15) is 13.2 Å². The van der Waals surface area contributed by atoms with Gasteiger partial charge < -0.3 is 10.6 Å². The van der Waals surface area contributed by atoms with Crippen LogP contribution in [0.3, 0.4) is 0 Å². The maximum absolute atomic E-state index is 11.5. The number of sulfonamides is 1. The summed E-state index contributed by atoms with van der Waals surface area (Å²) in [5, 5.41) is 5.69. The van der Waals surface area contributed by atoms with Crippen molar-refractivity contribution in [2.24, 2.45) is 0 Å². The van der Waals surface area contributed by atoms with Crippen LogP contribution in [0.2, 0.25) is 0 Å². The zero-order valence-electron chi connectivity index (χ0n) is 10.8. The van der Waals surface area contributed by atoms with Gasteiger partial charge in [-0.15, -0.1) is 0 Å². The molecular formula is C12H19N3O3S. The molecule has 3 N–H and O–H groups in total. The molecule has 0 spiro atoms. The number of para-hydroxylation sites is 1. The highest BCUT2D eigenvalue weighted by atomic mass is 32.2. The third-order valence-corrected chi connectivity index (χ3v) is 2.97. The largest absolute Gasteiger partial charge is 0.325 e. The summed E-state index contributed by atoms with van der Waals surface area (Å²) >= 11 is 0. The first-order chi connectivity index (χ1) is 8.97. The van der Waals surface area contributed by atoms with Gasteiger partial charge in [-0.25, -0.2) is 13.1 Å². The maximum Gasteiger partial charge on any atom is 0.238 e. The van der Waals surface area contributed by atoms with E-state index in [-0.39, 0.29) is 12.5 Å². The normalized spacial score (nSPS) is 11.2. The summed E-state index contributed by atoms with van der Waals surface area (Å²) in [5.41, 5.74) is 0.757. The number of carbonyl (C=O) groups excluding carboxylic acids is 1. The van der Waals surface area contributed by atoms with E-state index in [0.29, 0.717) is 19.5 Å². The molecule has 0 heterocycles. The number of hydrogen-bond acceptors (Lipinski definition) is 4. The Balaban J connectivity index is 2.08. The first-order valence-electron chi connectivity index (χ1n) is 5.97. The molecule has 0 radical (unpaired) electrons. The Morgan fingerprint density at radius 1 is 1.16 bits per heavy atom. The van der Waals surface area contributed by atoms with Crippen molar-refractivity contribution in [3.8, 4) is 0 Å². The number of benzene rings is 1. The standard InChI is InChI=1S/C12H19N3O3S/c1-19(17,18)14-9-5-8-13-10-12(16)15-11-6-3-2-4-7-11/h2-4,6-7,13-14H,5,8-10H2,1H3,(H,15,16). The summed E-state index contributed by atoms with van der Waals surface area (Å²) < 4.78 is 23.9. The first-order valence-corrected chi connectivity index (χ1v) is 7.87. The number of carbonyl (C=O) groups is 1. The Bertz CT molecular complexity index is 488. The van der Waals surface area contributed by atoms with Gasteiger partial charge in [-0.05, 0) is 25.1 Å². The van der Waals surface area contributed by atoms with Gasteiger partial charge in [-0.1, -0.05) is 18.2 Å². The smallest absolute Gasteiger partial charge is 0.238 e. The van der Waals surface area contributed by atoms with Crippen LogP contribution in [0.15, 0.2) is 30.3 Å². The SMILES string of the molecule is CS(=O)(=O)NCCCNCC(=O)Nc1ccccc1. The molecule has 0 atom stereocenters. The molecule has 19 heavy (non-hydrogen) atoms. The fourth-order valence-electron chi connectivity index (χ4n) is 1.40.